The number of carbonyl (C=O) groups excluding carboxylic acids is 2. The van der Waals surface area contributed by atoms with Crippen molar-refractivity contribution in [3.8, 4) is 0 Å². The quantitative estimate of drug-likeness (QED) is 0.836. The number of ether oxygens (including phenoxy) is 1. The van der Waals surface area contributed by atoms with Crippen molar-refractivity contribution in [1.29, 1.82) is 0 Å². The zero-order valence-corrected chi connectivity index (χ0v) is 11.7. The van der Waals surface area contributed by atoms with E-state index in [0.717, 1.165) is 0 Å². The van der Waals surface area contributed by atoms with Gasteiger partial charge in [0.2, 0.25) is 0 Å². The number of hydrogen-bond acceptors (Lipinski definition) is 3. The Labute approximate surface area is 122 Å². The lowest BCUT2D eigenvalue weighted by Crippen LogP contribution is -2.51. The van der Waals surface area contributed by atoms with Crippen LogP contribution < -0.4 is 10.6 Å². The summed E-state index contributed by atoms with van der Waals surface area (Å²) in [6.45, 7) is 5.91. The Bertz CT molecular complexity index is 557. The second-order valence-corrected chi connectivity index (χ2v) is 4.80. The van der Waals surface area contributed by atoms with E-state index in [1.807, 2.05) is 6.92 Å². The van der Waals surface area contributed by atoms with Crippen molar-refractivity contribution in [3.05, 3.63) is 47.9 Å². The number of halogens is 1. The number of nitrogens with one attached hydrogen (secondary N) is 2. The molecule has 2 amide bonds. The molecule has 2 rings (SSSR count). The summed E-state index contributed by atoms with van der Waals surface area (Å²) < 4.78 is 18.2. The van der Waals surface area contributed by atoms with Gasteiger partial charge >= 0.3 is 12.0 Å². The van der Waals surface area contributed by atoms with Gasteiger partial charge in [-0.25, -0.2) is 9.18 Å². The van der Waals surface area contributed by atoms with Gasteiger partial charge in [-0.05, 0) is 24.1 Å². The molecule has 0 radical (unpaired) electrons. The van der Waals surface area contributed by atoms with Gasteiger partial charge in [-0.15, -0.1) is 0 Å². The van der Waals surface area contributed by atoms with Crippen LogP contribution in [0, 0.1) is 11.7 Å². The molecule has 0 bridgehead atoms. The molecule has 0 aliphatic carbocycles. The molecule has 1 saturated heterocycles. The number of carbonyl (C=O) groups is 2. The molecule has 2 N–H and O–H groups in total. The summed E-state index contributed by atoms with van der Waals surface area (Å²) >= 11 is 0. The molecule has 1 aromatic carbocycles. The molecule has 0 unspecified atom stereocenters. The molecule has 0 saturated carbocycles. The highest BCUT2D eigenvalue weighted by atomic mass is 19.1. The topological polar surface area (TPSA) is 67.4 Å². The van der Waals surface area contributed by atoms with Crippen LogP contribution in [0.5, 0.6) is 0 Å². The van der Waals surface area contributed by atoms with Crippen LogP contribution in [-0.4, -0.2) is 18.6 Å². The van der Waals surface area contributed by atoms with E-state index in [2.05, 4.69) is 17.2 Å². The lowest BCUT2D eigenvalue weighted by molar-refractivity contribution is -0.148. The van der Waals surface area contributed by atoms with Crippen molar-refractivity contribution >= 4 is 12.0 Å². The van der Waals surface area contributed by atoms with E-state index >= 15 is 0 Å². The molecular formula is C15H17FN2O3. The van der Waals surface area contributed by atoms with Crippen LogP contribution >= 0.6 is 0 Å². The van der Waals surface area contributed by atoms with Gasteiger partial charge in [-0.3, -0.25) is 4.79 Å². The number of hydrogen-bond donors (Lipinski definition) is 2. The van der Waals surface area contributed by atoms with E-state index in [4.69, 9.17) is 4.74 Å². The van der Waals surface area contributed by atoms with Crippen LogP contribution in [0.4, 0.5) is 9.18 Å². The molecule has 1 aliphatic rings. The minimum Gasteiger partial charge on any atom is -0.465 e. The van der Waals surface area contributed by atoms with Crippen LogP contribution in [0.2, 0.25) is 0 Å². The fourth-order valence-corrected chi connectivity index (χ4v) is 2.20. The van der Waals surface area contributed by atoms with Crippen LogP contribution in [0.1, 0.15) is 24.9 Å². The van der Waals surface area contributed by atoms with Crippen molar-refractivity contribution in [2.24, 2.45) is 5.92 Å². The number of esters is 1. The average Bonchev–Trinajstić information content (AvgIpc) is 2.44. The molecular weight excluding hydrogens is 275 g/mol. The normalized spacial score (nSPS) is 21.4. The van der Waals surface area contributed by atoms with Gasteiger partial charge in [0.1, 0.15) is 11.7 Å². The third-order valence-electron chi connectivity index (χ3n) is 3.20. The molecule has 1 fully saturated rings. The zero-order valence-electron chi connectivity index (χ0n) is 11.7. The van der Waals surface area contributed by atoms with Crippen molar-refractivity contribution in [2.75, 3.05) is 6.61 Å². The summed E-state index contributed by atoms with van der Waals surface area (Å²) in [5, 5.41) is 5.13. The van der Waals surface area contributed by atoms with E-state index in [0.29, 0.717) is 18.6 Å². The van der Waals surface area contributed by atoms with Crippen LogP contribution in [0.3, 0.4) is 0 Å². The van der Waals surface area contributed by atoms with Crippen LogP contribution in [0.15, 0.2) is 36.5 Å². The van der Waals surface area contributed by atoms with E-state index < -0.39 is 24.0 Å². The first kappa shape index (κ1) is 15.0. The minimum atomic E-state index is -0.750. The standard InChI is InChI=1S/C15H17FN2O3/c1-3-8-21-14(19)12-9(2)17-15(20)18-13(12)10-4-6-11(16)7-5-10/h4-7,12-13H,2-3,8H2,1H3,(H2,17,18,20)/t12-,13+/m1/s1. The summed E-state index contributed by atoms with van der Waals surface area (Å²) in [6, 6.07) is 4.53. The van der Waals surface area contributed by atoms with Gasteiger partial charge in [0.05, 0.1) is 12.6 Å². The minimum absolute atomic E-state index is 0.272. The molecule has 112 valence electrons. The largest absolute Gasteiger partial charge is 0.465 e. The lowest BCUT2D eigenvalue weighted by Gasteiger charge is -2.33. The maximum Gasteiger partial charge on any atom is 0.319 e. The second-order valence-electron chi connectivity index (χ2n) is 4.80. The fraction of sp³-hybridized carbons (Fsp3) is 0.333. The molecule has 1 aromatic rings. The summed E-state index contributed by atoms with van der Waals surface area (Å²) in [4.78, 5) is 23.8. The van der Waals surface area contributed by atoms with Crippen molar-refractivity contribution in [3.63, 3.8) is 0 Å². The highest BCUT2D eigenvalue weighted by molar-refractivity contribution is 5.85. The van der Waals surface area contributed by atoms with E-state index in [1.165, 1.54) is 24.3 Å². The highest BCUT2D eigenvalue weighted by Gasteiger charge is 2.38. The molecule has 1 heterocycles. The van der Waals surface area contributed by atoms with E-state index in [9.17, 15) is 14.0 Å². The maximum atomic E-state index is 13.0. The average molecular weight is 292 g/mol. The van der Waals surface area contributed by atoms with E-state index in [1.54, 1.807) is 0 Å². The number of benzene rings is 1. The second kappa shape index (κ2) is 6.39. The van der Waals surface area contributed by atoms with Gasteiger partial charge in [0.15, 0.2) is 0 Å². The summed E-state index contributed by atoms with van der Waals surface area (Å²) in [7, 11) is 0. The molecule has 6 heteroatoms. The smallest absolute Gasteiger partial charge is 0.319 e. The molecule has 2 atom stereocenters. The fourth-order valence-electron chi connectivity index (χ4n) is 2.20. The lowest BCUT2D eigenvalue weighted by atomic mass is 9.89. The first-order valence-corrected chi connectivity index (χ1v) is 6.71. The van der Waals surface area contributed by atoms with Gasteiger partial charge in [0, 0.05) is 5.70 Å². The van der Waals surface area contributed by atoms with Gasteiger partial charge in [-0.1, -0.05) is 25.6 Å². The SMILES string of the molecule is C=C1NC(=O)N[C@@H](c2ccc(F)cc2)[C@@H]1C(=O)OCCC. The number of rotatable bonds is 4. The Balaban J connectivity index is 2.28. The molecule has 5 nitrogen and oxygen atoms in total. The monoisotopic (exact) mass is 292 g/mol. The number of urea groups is 1. The van der Waals surface area contributed by atoms with Gasteiger partial charge in [0.25, 0.3) is 0 Å². The van der Waals surface area contributed by atoms with Crippen LogP contribution in [0.25, 0.3) is 0 Å². The van der Waals surface area contributed by atoms with Gasteiger partial charge in [-0.2, -0.15) is 0 Å². The van der Waals surface area contributed by atoms with Crippen LogP contribution in [-0.2, 0) is 9.53 Å². The third kappa shape index (κ3) is 3.39. The Kier molecular flexibility index (Phi) is 4.57. The molecule has 1 aliphatic heterocycles. The Morgan fingerprint density at radius 3 is 2.67 bits per heavy atom. The van der Waals surface area contributed by atoms with Crippen molar-refractivity contribution in [1.82, 2.24) is 10.6 Å². The summed E-state index contributed by atoms with van der Waals surface area (Å²) in [5.74, 6) is -1.61. The molecule has 0 aromatic heterocycles. The predicted octanol–water partition coefficient (Wildman–Crippen LogP) is 2.26. The van der Waals surface area contributed by atoms with E-state index in [-0.39, 0.29) is 11.5 Å². The summed E-state index contributed by atoms with van der Waals surface area (Å²) in [5.41, 5.74) is 0.889. The van der Waals surface area contributed by atoms with Crippen molar-refractivity contribution < 1.29 is 18.7 Å². The first-order chi connectivity index (χ1) is 10.0. The molecule has 0 spiro atoms. The Hall–Kier alpha value is -2.37. The highest BCUT2D eigenvalue weighted by Crippen LogP contribution is 2.30. The number of amides is 2. The Morgan fingerprint density at radius 1 is 1.38 bits per heavy atom. The third-order valence-corrected chi connectivity index (χ3v) is 3.20. The van der Waals surface area contributed by atoms with Crippen molar-refractivity contribution in [2.45, 2.75) is 19.4 Å². The predicted molar refractivity (Wildman–Crippen MR) is 74.7 cm³/mol. The Morgan fingerprint density at radius 2 is 2.05 bits per heavy atom. The maximum absolute atomic E-state index is 13.0. The first-order valence-electron chi connectivity index (χ1n) is 6.71. The zero-order chi connectivity index (χ0) is 15.4. The summed E-state index contributed by atoms with van der Waals surface area (Å²) in [6.07, 6.45) is 0.700. The van der Waals surface area contributed by atoms with Gasteiger partial charge < -0.3 is 15.4 Å². The molecule has 21 heavy (non-hydrogen) atoms.